The molecule has 2 N–H and O–H groups in total. The third-order valence-corrected chi connectivity index (χ3v) is 4.49. The van der Waals surface area contributed by atoms with Crippen LogP contribution in [0.15, 0.2) is 48.9 Å². The van der Waals surface area contributed by atoms with E-state index < -0.39 is 12.0 Å². The second-order valence-corrected chi connectivity index (χ2v) is 6.70. The van der Waals surface area contributed by atoms with Crippen LogP contribution in [0, 0.1) is 0 Å². The van der Waals surface area contributed by atoms with Gasteiger partial charge in [-0.2, -0.15) is 10.1 Å². The topological polar surface area (TPSA) is 128 Å². The number of carbonyl (C=O) groups excluding carboxylic acids is 1. The maximum atomic E-state index is 12.8. The van der Waals surface area contributed by atoms with Gasteiger partial charge in [0.1, 0.15) is 16.9 Å². The minimum absolute atomic E-state index is 0.0121. The van der Waals surface area contributed by atoms with E-state index in [0.29, 0.717) is 34.2 Å². The molecule has 31 heavy (non-hydrogen) atoms. The smallest absolute Gasteiger partial charge is 0.269 e. The molecule has 0 spiro atoms. The Labute approximate surface area is 182 Å². The summed E-state index contributed by atoms with van der Waals surface area (Å²) < 4.78 is 11.4. The van der Waals surface area contributed by atoms with E-state index in [9.17, 15) is 4.79 Å². The molecule has 0 aliphatic rings. The van der Waals surface area contributed by atoms with Gasteiger partial charge in [0, 0.05) is 19.0 Å². The Kier molecular flexibility index (Phi) is 6.29. The van der Waals surface area contributed by atoms with Gasteiger partial charge in [-0.1, -0.05) is 17.7 Å². The minimum Gasteiger partial charge on any atom is -0.461 e. The zero-order chi connectivity index (χ0) is 21.6. The number of halogens is 1. The average Bonchev–Trinajstić information content (AvgIpc) is 3.26. The van der Waals surface area contributed by atoms with Crippen LogP contribution in [-0.2, 0) is 9.53 Å². The number of ether oxygens (including phenoxy) is 2. The molecule has 0 saturated carbocycles. The van der Waals surface area contributed by atoms with Crippen molar-refractivity contribution in [3.8, 4) is 17.4 Å². The van der Waals surface area contributed by atoms with Crippen LogP contribution in [0.1, 0.15) is 6.92 Å². The van der Waals surface area contributed by atoms with Crippen molar-refractivity contribution in [3.63, 3.8) is 0 Å². The van der Waals surface area contributed by atoms with Gasteiger partial charge in [0.05, 0.1) is 17.8 Å². The van der Waals surface area contributed by atoms with Crippen LogP contribution in [0.25, 0.3) is 22.6 Å². The van der Waals surface area contributed by atoms with E-state index >= 15 is 0 Å². The van der Waals surface area contributed by atoms with Crippen molar-refractivity contribution in [1.82, 2.24) is 30.1 Å². The van der Waals surface area contributed by atoms with Crippen molar-refractivity contribution < 1.29 is 14.3 Å². The van der Waals surface area contributed by atoms with Crippen LogP contribution in [0.2, 0.25) is 5.02 Å². The number of anilines is 1. The fourth-order valence-corrected chi connectivity index (χ4v) is 2.93. The normalized spacial score (nSPS) is 11.9. The molecule has 10 nitrogen and oxygen atoms in total. The Morgan fingerprint density at radius 3 is 2.84 bits per heavy atom. The second kappa shape index (κ2) is 9.45. The summed E-state index contributed by atoms with van der Waals surface area (Å²) in [5.41, 5.74) is 0.798. The van der Waals surface area contributed by atoms with Gasteiger partial charge in [-0.3, -0.25) is 14.9 Å². The maximum absolute atomic E-state index is 12.8. The molecule has 0 fully saturated rings. The number of nitrogens with zero attached hydrogens (tertiary/aromatic N) is 5. The number of H-pyrrole nitrogens is 1. The fraction of sp³-hybridized carbons (Fsp3) is 0.200. The molecule has 0 bridgehead atoms. The molecule has 0 aliphatic carbocycles. The number of hydrogen-bond acceptors (Lipinski definition) is 8. The van der Waals surface area contributed by atoms with Gasteiger partial charge in [0.2, 0.25) is 12.0 Å². The first-order chi connectivity index (χ1) is 15.2. The summed E-state index contributed by atoms with van der Waals surface area (Å²) in [6.45, 7) is 2.25. The highest BCUT2D eigenvalue weighted by Gasteiger charge is 2.25. The first-order valence-electron chi connectivity index (χ1n) is 9.44. The van der Waals surface area contributed by atoms with Gasteiger partial charge < -0.3 is 14.8 Å². The number of amides is 1. The van der Waals surface area contributed by atoms with Crippen molar-refractivity contribution in [1.29, 1.82) is 0 Å². The third kappa shape index (κ3) is 4.76. The van der Waals surface area contributed by atoms with Crippen molar-refractivity contribution in [2.24, 2.45) is 0 Å². The van der Waals surface area contributed by atoms with Gasteiger partial charge >= 0.3 is 0 Å². The van der Waals surface area contributed by atoms with E-state index in [1.54, 1.807) is 42.7 Å². The van der Waals surface area contributed by atoms with Crippen molar-refractivity contribution in [2.75, 3.05) is 18.5 Å². The predicted molar refractivity (Wildman–Crippen MR) is 114 cm³/mol. The highest BCUT2D eigenvalue weighted by Crippen LogP contribution is 2.28. The number of aromatic nitrogens is 6. The number of carbonyl (C=O) groups is 1. The molecule has 4 rings (SSSR count). The number of rotatable bonds is 8. The average molecular weight is 440 g/mol. The predicted octanol–water partition coefficient (Wildman–Crippen LogP) is 2.89. The minimum atomic E-state index is -0.998. The molecular formula is C20H18ClN7O3. The Balaban J connectivity index is 1.67. The van der Waals surface area contributed by atoms with E-state index in [1.807, 2.05) is 6.92 Å². The molecule has 4 aromatic heterocycles. The van der Waals surface area contributed by atoms with Crippen molar-refractivity contribution in [2.45, 2.75) is 13.0 Å². The van der Waals surface area contributed by atoms with E-state index in [4.69, 9.17) is 21.1 Å². The van der Waals surface area contributed by atoms with Crippen LogP contribution in [-0.4, -0.2) is 55.4 Å². The Morgan fingerprint density at radius 2 is 2.06 bits per heavy atom. The van der Waals surface area contributed by atoms with Gasteiger partial charge in [-0.25, -0.2) is 9.97 Å². The Bertz CT molecular complexity index is 1190. The summed E-state index contributed by atoms with van der Waals surface area (Å²) in [5.74, 6) is 0.350. The summed E-state index contributed by atoms with van der Waals surface area (Å²) in [5, 5.41) is 10.4. The standard InChI is InChI=1S/C20H18ClN7O3/c1-2-30-11-14(19(29)25-15-7-3-4-8-22-15)31-20-12-10-24-28-17(12)26-18(27-20)16-13(21)6-5-9-23-16/h3-10,14H,2,11H2,1H3,(H,22,25,29)(H,24,26,27,28)/t14-/m0/s1. The molecule has 0 radical (unpaired) electrons. The molecule has 158 valence electrons. The summed E-state index contributed by atoms with van der Waals surface area (Å²) in [7, 11) is 0. The fourth-order valence-electron chi connectivity index (χ4n) is 2.72. The van der Waals surface area contributed by atoms with E-state index in [-0.39, 0.29) is 18.3 Å². The van der Waals surface area contributed by atoms with Gasteiger partial charge in [0.25, 0.3) is 5.91 Å². The van der Waals surface area contributed by atoms with Crippen LogP contribution < -0.4 is 10.1 Å². The largest absolute Gasteiger partial charge is 0.461 e. The lowest BCUT2D eigenvalue weighted by Crippen LogP contribution is -2.37. The highest BCUT2D eigenvalue weighted by atomic mass is 35.5. The molecule has 0 saturated heterocycles. The summed E-state index contributed by atoms with van der Waals surface area (Å²) in [6.07, 6.45) is 3.68. The van der Waals surface area contributed by atoms with Gasteiger partial charge in [0.15, 0.2) is 11.5 Å². The number of aromatic amines is 1. The lowest BCUT2D eigenvalue weighted by Gasteiger charge is -2.18. The number of pyridine rings is 2. The summed E-state index contributed by atoms with van der Waals surface area (Å²) >= 11 is 6.25. The molecular weight excluding hydrogens is 422 g/mol. The third-order valence-electron chi connectivity index (χ3n) is 4.18. The van der Waals surface area contributed by atoms with E-state index in [1.165, 1.54) is 6.20 Å². The first-order valence-corrected chi connectivity index (χ1v) is 9.81. The zero-order valence-corrected chi connectivity index (χ0v) is 17.2. The zero-order valence-electron chi connectivity index (χ0n) is 16.4. The van der Waals surface area contributed by atoms with Crippen LogP contribution >= 0.6 is 11.6 Å². The van der Waals surface area contributed by atoms with Gasteiger partial charge in [-0.15, -0.1) is 0 Å². The summed E-state index contributed by atoms with van der Waals surface area (Å²) in [4.78, 5) is 30.1. The quantitative estimate of drug-likeness (QED) is 0.429. The lowest BCUT2D eigenvalue weighted by atomic mass is 10.3. The Hall–Kier alpha value is -3.63. The Morgan fingerprint density at radius 1 is 1.19 bits per heavy atom. The molecule has 11 heteroatoms. The maximum Gasteiger partial charge on any atom is 0.269 e. The number of fused-ring (bicyclic) bond motifs is 1. The van der Waals surface area contributed by atoms with Crippen LogP contribution in [0.5, 0.6) is 5.88 Å². The molecule has 0 aliphatic heterocycles. The molecule has 0 unspecified atom stereocenters. The van der Waals surface area contributed by atoms with Gasteiger partial charge in [-0.05, 0) is 31.2 Å². The molecule has 1 amide bonds. The lowest BCUT2D eigenvalue weighted by molar-refractivity contribution is -0.125. The highest BCUT2D eigenvalue weighted by molar-refractivity contribution is 6.32. The molecule has 1 atom stereocenters. The van der Waals surface area contributed by atoms with Crippen molar-refractivity contribution >= 4 is 34.4 Å². The SMILES string of the molecule is CCOC[C@H](Oc1nc(-c2ncccc2Cl)nc2[nH]ncc12)C(=O)Nc1ccccn1. The molecule has 4 heterocycles. The van der Waals surface area contributed by atoms with E-state index in [0.717, 1.165) is 0 Å². The number of hydrogen-bond donors (Lipinski definition) is 2. The monoisotopic (exact) mass is 439 g/mol. The van der Waals surface area contributed by atoms with E-state index in [2.05, 4.69) is 35.5 Å². The number of nitrogens with one attached hydrogen (secondary N) is 2. The van der Waals surface area contributed by atoms with Crippen molar-refractivity contribution in [3.05, 3.63) is 53.9 Å². The van der Waals surface area contributed by atoms with Crippen LogP contribution in [0.3, 0.4) is 0 Å². The second-order valence-electron chi connectivity index (χ2n) is 6.29. The molecule has 4 aromatic rings. The first kappa shape index (κ1) is 20.6. The molecule has 0 aromatic carbocycles. The van der Waals surface area contributed by atoms with Crippen LogP contribution in [0.4, 0.5) is 5.82 Å². The summed E-state index contributed by atoms with van der Waals surface area (Å²) in [6, 6.07) is 8.59.